The molecule has 0 aromatic carbocycles. The molecule has 3 atom stereocenters. The molecule has 1 nitrogen and oxygen atoms in total. The van der Waals surface area contributed by atoms with Gasteiger partial charge in [-0.05, 0) is 43.7 Å². The fraction of sp³-hybridized carbons (Fsp3) is 1.00. The van der Waals surface area contributed by atoms with E-state index in [-0.39, 0.29) is 0 Å². The average molecular weight is 153 g/mol. The predicted octanol–water partition coefficient (Wildman–Crippen LogP) is 2.03. The molecule has 2 fully saturated rings. The van der Waals surface area contributed by atoms with Crippen molar-refractivity contribution in [3.05, 3.63) is 0 Å². The third-order valence-corrected chi connectivity index (χ3v) is 3.57. The van der Waals surface area contributed by atoms with E-state index in [1.807, 2.05) is 0 Å². The van der Waals surface area contributed by atoms with Crippen molar-refractivity contribution in [1.29, 1.82) is 0 Å². The molecular weight excluding hydrogens is 134 g/mol. The smallest absolute Gasteiger partial charge is 0.00176 e. The van der Waals surface area contributed by atoms with Crippen molar-refractivity contribution in [3.63, 3.8) is 0 Å². The largest absolute Gasteiger partial charge is 0.316 e. The minimum Gasteiger partial charge on any atom is -0.316 e. The highest BCUT2D eigenvalue weighted by atomic mass is 14.9. The van der Waals surface area contributed by atoms with E-state index in [1.54, 1.807) is 0 Å². The van der Waals surface area contributed by atoms with Gasteiger partial charge in [-0.2, -0.15) is 0 Å². The number of hydrogen-bond donors (Lipinski definition) is 1. The average Bonchev–Trinajstić information content (AvgIpc) is 2.06. The molecule has 0 radical (unpaired) electrons. The summed E-state index contributed by atoms with van der Waals surface area (Å²) in [6.07, 6.45) is 5.97. The predicted molar refractivity (Wildman–Crippen MR) is 47.5 cm³/mol. The fourth-order valence-electron chi connectivity index (χ4n) is 2.89. The van der Waals surface area contributed by atoms with Crippen LogP contribution in [0.3, 0.4) is 0 Å². The van der Waals surface area contributed by atoms with Gasteiger partial charge in [0.2, 0.25) is 0 Å². The first-order valence-corrected chi connectivity index (χ1v) is 5.08. The Morgan fingerprint density at radius 3 is 2.73 bits per heavy atom. The summed E-state index contributed by atoms with van der Waals surface area (Å²) < 4.78 is 0. The molecule has 0 amide bonds. The summed E-state index contributed by atoms with van der Waals surface area (Å²) in [5, 5.41) is 3.53. The maximum Gasteiger partial charge on any atom is -0.00176 e. The van der Waals surface area contributed by atoms with Crippen LogP contribution >= 0.6 is 0 Å². The molecule has 1 heterocycles. The number of piperidine rings is 1. The van der Waals surface area contributed by atoms with Gasteiger partial charge >= 0.3 is 0 Å². The maximum absolute atomic E-state index is 3.53. The van der Waals surface area contributed by atoms with Gasteiger partial charge in [0.25, 0.3) is 0 Å². The Hall–Kier alpha value is -0.0400. The Bertz CT molecular complexity index is 131. The first-order chi connectivity index (χ1) is 5.38. The van der Waals surface area contributed by atoms with Gasteiger partial charge in [0.05, 0.1) is 0 Å². The van der Waals surface area contributed by atoms with Gasteiger partial charge in [-0.15, -0.1) is 0 Å². The summed E-state index contributed by atoms with van der Waals surface area (Å²) in [6, 6.07) is 0. The molecule has 1 unspecified atom stereocenters. The normalized spacial score (nSPS) is 45.0. The summed E-state index contributed by atoms with van der Waals surface area (Å²) in [4.78, 5) is 0. The fourth-order valence-corrected chi connectivity index (χ4v) is 2.89. The van der Waals surface area contributed by atoms with E-state index in [4.69, 9.17) is 0 Å². The second-order valence-corrected chi connectivity index (χ2v) is 4.34. The molecule has 0 bridgehead atoms. The van der Waals surface area contributed by atoms with Gasteiger partial charge in [-0.1, -0.05) is 19.8 Å². The Morgan fingerprint density at radius 2 is 1.91 bits per heavy atom. The van der Waals surface area contributed by atoms with Crippen molar-refractivity contribution in [1.82, 2.24) is 5.32 Å². The number of nitrogens with one attached hydrogen (secondary N) is 1. The van der Waals surface area contributed by atoms with Crippen LogP contribution in [0.4, 0.5) is 0 Å². The number of hydrogen-bond acceptors (Lipinski definition) is 1. The van der Waals surface area contributed by atoms with Crippen LogP contribution in [0.15, 0.2) is 0 Å². The van der Waals surface area contributed by atoms with Crippen LogP contribution in [-0.4, -0.2) is 13.1 Å². The number of fused-ring (bicyclic) bond motifs is 1. The van der Waals surface area contributed by atoms with Crippen molar-refractivity contribution < 1.29 is 0 Å². The molecule has 0 aromatic heterocycles. The molecule has 11 heavy (non-hydrogen) atoms. The molecule has 0 aromatic rings. The molecule has 1 aliphatic heterocycles. The lowest BCUT2D eigenvalue weighted by molar-refractivity contribution is 0.129. The molecule has 2 rings (SSSR count). The standard InChI is InChI=1S/C10H19N/c1-8-6-11-7-9-4-2-3-5-10(8)9/h8-11H,2-7H2,1H3/t8-,9?,10-/m0/s1. The molecule has 2 aliphatic rings. The minimum atomic E-state index is 0.939. The summed E-state index contributed by atoms with van der Waals surface area (Å²) in [5.74, 6) is 3.02. The van der Waals surface area contributed by atoms with Crippen LogP contribution in [0.1, 0.15) is 32.6 Å². The van der Waals surface area contributed by atoms with E-state index in [1.165, 1.54) is 38.8 Å². The topological polar surface area (TPSA) is 12.0 Å². The first-order valence-electron chi connectivity index (χ1n) is 5.08. The molecular formula is C10H19N. The molecule has 1 aliphatic carbocycles. The SMILES string of the molecule is C[C@H]1CNCC2CCCC[C@H]21. The Labute approximate surface area is 69.6 Å². The van der Waals surface area contributed by atoms with E-state index >= 15 is 0 Å². The lowest BCUT2D eigenvalue weighted by Crippen LogP contribution is -2.43. The maximum atomic E-state index is 3.53. The summed E-state index contributed by atoms with van der Waals surface area (Å²) in [6.45, 7) is 4.98. The van der Waals surface area contributed by atoms with Crippen LogP contribution in [0.25, 0.3) is 0 Å². The lowest BCUT2D eigenvalue weighted by Gasteiger charge is -2.40. The van der Waals surface area contributed by atoms with Crippen molar-refractivity contribution >= 4 is 0 Å². The highest BCUT2D eigenvalue weighted by Crippen LogP contribution is 2.36. The van der Waals surface area contributed by atoms with Crippen LogP contribution in [0.5, 0.6) is 0 Å². The Morgan fingerprint density at radius 1 is 1.09 bits per heavy atom. The van der Waals surface area contributed by atoms with Crippen molar-refractivity contribution in [2.24, 2.45) is 17.8 Å². The van der Waals surface area contributed by atoms with Gasteiger partial charge in [0.1, 0.15) is 0 Å². The van der Waals surface area contributed by atoms with Crippen molar-refractivity contribution in [2.75, 3.05) is 13.1 Å². The summed E-state index contributed by atoms with van der Waals surface area (Å²) in [5.41, 5.74) is 0. The third-order valence-electron chi connectivity index (χ3n) is 3.57. The van der Waals surface area contributed by atoms with Crippen LogP contribution in [0.2, 0.25) is 0 Å². The van der Waals surface area contributed by atoms with Gasteiger partial charge in [0.15, 0.2) is 0 Å². The second kappa shape index (κ2) is 3.14. The van der Waals surface area contributed by atoms with Gasteiger partial charge in [-0.3, -0.25) is 0 Å². The highest BCUT2D eigenvalue weighted by Gasteiger charge is 2.31. The molecule has 1 heteroatoms. The molecule has 1 saturated carbocycles. The molecule has 0 spiro atoms. The van der Waals surface area contributed by atoms with Crippen molar-refractivity contribution in [3.8, 4) is 0 Å². The zero-order valence-corrected chi connectivity index (χ0v) is 7.47. The summed E-state index contributed by atoms with van der Waals surface area (Å²) >= 11 is 0. The van der Waals surface area contributed by atoms with Gasteiger partial charge in [-0.25, -0.2) is 0 Å². The Kier molecular flexibility index (Phi) is 2.17. The monoisotopic (exact) mass is 153 g/mol. The minimum absolute atomic E-state index is 0.939. The van der Waals surface area contributed by atoms with Gasteiger partial charge in [0, 0.05) is 0 Å². The highest BCUT2D eigenvalue weighted by molar-refractivity contribution is 4.85. The molecule has 1 saturated heterocycles. The van der Waals surface area contributed by atoms with Gasteiger partial charge < -0.3 is 5.32 Å². The van der Waals surface area contributed by atoms with E-state index in [0.29, 0.717) is 0 Å². The van der Waals surface area contributed by atoms with Crippen LogP contribution in [-0.2, 0) is 0 Å². The van der Waals surface area contributed by atoms with E-state index in [0.717, 1.165) is 17.8 Å². The zero-order valence-electron chi connectivity index (χ0n) is 7.47. The van der Waals surface area contributed by atoms with E-state index < -0.39 is 0 Å². The third kappa shape index (κ3) is 1.44. The first kappa shape index (κ1) is 7.60. The van der Waals surface area contributed by atoms with Crippen LogP contribution < -0.4 is 5.32 Å². The van der Waals surface area contributed by atoms with Crippen molar-refractivity contribution in [2.45, 2.75) is 32.6 Å². The molecule has 64 valence electrons. The number of rotatable bonds is 0. The van der Waals surface area contributed by atoms with E-state index in [2.05, 4.69) is 12.2 Å². The quantitative estimate of drug-likeness (QED) is 0.561. The zero-order chi connectivity index (χ0) is 7.68. The Balaban J connectivity index is 1.99. The lowest BCUT2D eigenvalue weighted by atomic mass is 9.71. The summed E-state index contributed by atoms with van der Waals surface area (Å²) in [7, 11) is 0. The second-order valence-electron chi connectivity index (χ2n) is 4.34. The van der Waals surface area contributed by atoms with Crippen LogP contribution in [0, 0.1) is 17.8 Å². The molecule has 1 N–H and O–H groups in total. The van der Waals surface area contributed by atoms with E-state index in [9.17, 15) is 0 Å².